The molecule has 4 rings (SSSR count). The van der Waals surface area contributed by atoms with E-state index in [1.807, 2.05) is 41.3 Å². The van der Waals surface area contributed by atoms with Crippen molar-refractivity contribution in [1.82, 2.24) is 4.90 Å². The molecule has 0 aliphatic heterocycles. The summed E-state index contributed by atoms with van der Waals surface area (Å²) in [6.07, 6.45) is 4.25. The van der Waals surface area contributed by atoms with Crippen LogP contribution in [0.15, 0.2) is 89.9 Å². The topological polar surface area (TPSA) is 93.9 Å². The highest BCUT2D eigenvalue weighted by Crippen LogP contribution is 2.33. The zero-order valence-electron chi connectivity index (χ0n) is 21.6. The van der Waals surface area contributed by atoms with Crippen LogP contribution in [0, 0.1) is 11.8 Å². The van der Waals surface area contributed by atoms with Gasteiger partial charge in [0.2, 0.25) is 0 Å². The minimum absolute atomic E-state index is 0.0111. The first-order valence-corrected chi connectivity index (χ1v) is 13.1. The summed E-state index contributed by atoms with van der Waals surface area (Å²) >= 11 is 0. The number of carbonyl (C=O) groups is 1. The van der Waals surface area contributed by atoms with Crippen LogP contribution < -0.4 is 16.2 Å². The number of nitrogens with zero attached hydrogens (tertiary/aromatic N) is 2. The summed E-state index contributed by atoms with van der Waals surface area (Å²) in [6.45, 7) is 1.99. The quantitative estimate of drug-likeness (QED) is 0.302. The number of amides is 1. The molecule has 3 aromatic carbocycles. The summed E-state index contributed by atoms with van der Waals surface area (Å²) < 4.78 is 5.56. The molecule has 0 aromatic heterocycles. The van der Waals surface area contributed by atoms with Crippen molar-refractivity contribution in [3.05, 3.63) is 102 Å². The third-order valence-electron chi connectivity index (χ3n) is 7.41. The fourth-order valence-electron chi connectivity index (χ4n) is 5.37. The number of guanidine groups is 1. The highest BCUT2D eigenvalue weighted by atomic mass is 16.5. The maximum absolute atomic E-state index is 14.0. The number of para-hydroxylation sites is 1. The third kappa shape index (κ3) is 7.13. The molecule has 3 aromatic rings. The van der Waals surface area contributed by atoms with Crippen LogP contribution in [0.4, 0.5) is 0 Å². The second-order valence-corrected chi connectivity index (χ2v) is 9.94. The Hall–Kier alpha value is -3.80. The minimum atomic E-state index is 0.0111. The number of rotatable bonds is 10. The molecule has 0 spiro atoms. The zero-order valence-corrected chi connectivity index (χ0v) is 21.6. The summed E-state index contributed by atoms with van der Waals surface area (Å²) in [5.41, 5.74) is 14.1. The maximum Gasteiger partial charge on any atom is 0.257 e. The van der Waals surface area contributed by atoms with Crippen LogP contribution in [-0.4, -0.2) is 43.5 Å². The Balaban J connectivity index is 1.59. The van der Waals surface area contributed by atoms with Gasteiger partial charge >= 0.3 is 0 Å². The van der Waals surface area contributed by atoms with Crippen molar-refractivity contribution in [2.75, 3.05) is 26.7 Å². The van der Waals surface area contributed by atoms with Gasteiger partial charge in [-0.15, -0.1) is 0 Å². The maximum atomic E-state index is 14.0. The van der Waals surface area contributed by atoms with E-state index in [-0.39, 0.29) is 17.8 Å². The fourth-order valence-corrected chi connectivity index (χ4v) is 5.37. The zero-order chi connectivity index (χ0) is 26.0. The van der Waals surface area contributed by atoms with Crippen molar-refractivity contribution >= 4 is 11.9 Å². The largest absolute Gasteiger partial charge is 0.496 e. The van der Waals surface area contributed by atoms with Crippen molar-refractivity contribution in [1.29, 1.82) is 0 Å². The first-order chi connectivity index (χ1) is 18.0. The van der Waals surface area contributed by atoms with E-state index in [0.29, 0.717) is 42.8 Å². The van der Waals surface area contributed by atoms with Crippen LogP contribution in [0.25, 0.3) is 0 Å². The van der Waals surface area contributed by atoms with E-state index in [0.717, 1.165) is 25.7 Å². The predicted molar refractivity (Wildman–Crippen MR) is 150 cm³/mol. The number of ether oxygens (including phenoxy) is 1. The first-order valence-electron chi connectivity index (χ1n) is 13.1. The van der Waals surface area contributed by atoms with Gasteiger partial charge < -0.3 is 21.1 Å². The van der Waals surface area contributed by atoms with Gasteiger partial charge in [-0.05, 0) is 60.8 Å². The van der Waals surface area contributed by atoms with Crippen LogP contribution >= 0.6 is 0 Å². The van der Waals surface area contributed by atoms with Crippen LogP contribution in [0.2, 0.25) is 0 Å². The van der Waals surface area contributed by atoms with E-state index >= 15 is 0 Å². The molecule has 1 fully saturated rings. The summed E-state index contributed by atoms with van der Waals surface area (Å²) in [7, 11) is 1.62. The molecule has 0 unspecified atom stereocenters. The summed E-state index contributed by atoms with van der Waals surface area (Å²) in [6, 6.07) is 28.4. The Morgan fingerprint density at radius 2 is 1.41 bits per heavy atom. The van der Waals surface area contributed by atoms with Gasteiger partial charge in [-0.3, -0.25) is 9.79 Å². The van der Waals surface area contributed by atoms with Crippen molar-refractivity contribution < 1.29 is 9.53 Å². The molecule has 0 bridgehead atoms. The van der Waals surface area contributed by atoms with Gasteiger partial charge in [0.25, 0.3) is 5.91 Å². The molecule has 0 heterocycles. The molecule has 6 nitrogen and oxygen atoms in total. The molecule has 37 heavy (non-hydrogen) atoms. The summed E-state index contributed by atoms with van der Waals surface area (Å²) in [5, 5.41) is 0. The average Bonchev–Trinajstić information content (AvgIpc) is 2.95. The molecule has 1 aliphatic rings. The van der Waals surface area contributed by atoms with Crippen molar-refractivity contribution in [3.63, 3.8) is 0 Å². The molecular formula is C31H38N4O2. The Morgan fingerprint density at radius 3 is 1.97 bits per heavy atom. The Kier molecular flexibility index (Phi) is 9.19. The molecule has 1 aliphatic carbocycles. The van der Waals surface area contributed by atoms with E-state index in [1.54, 1.807) is 7.11 Å². The lowest BCUT2D eigenvalue weighted by Crippen LogP contribution is -2.40. The third-order valence-corrected chi connectivity index (χ3v) is 7.41. The fraction of sp³-hybridized carbons (Fsp3) is 0.355. The Labute approximate surface area is 220 Å². The second kappa shape index (κ2) is 12.9. The number of aliphatic imine (C=N–C) groups is 1. The molecule has 0 saturated heterocycles. The standard InChI is InChI=1S/C31H38N4O2/c1-37-29-15-9-8-14-27(29)30(36)35(21-24-18-16-23(17-19-24)20-34-31(32)33)22-28(25-10-4-2-5-11-25)26-12-6-3-7-13-26/h2-15,23-24,28H,16-22H2,1H3,(H4,32,33,34). The van der Waals surface area contributed by atoms with Gasteiger partial charge in [0, 0.05) is 25.6 Å². The number of carbonyl (C=O) groups excluding carboxylic acids is 1. The van der Waals surface area contributed by atoms with Crippen molar-refractivity contribution in [2.24, 2.45) is 28.3 Å². The van der Waals surface area contributed by atoms with Crippen LogP contribution in [-0.2, 0) is 0 Å². The molecule has 0 atom stereocenters. The summed E-state index contributed by atoms with van der Waals surface area (Å²) in [4.78, 5) is 20.3. The SMILES string of the molecule is COc1ccccc1C(=O)N(CC1CCC(CN=C(N)N)CC1)CC(c1ccccc1)c1ccccc1. The number of hydrogen-bond donors (Lipinski definition) is 2. The predicted octanol–water partition coefficient (Wildman–Crippen LogP) is 5.05. The molecule has 6 heteroatoms. The summed E-state index contributed by atoms with van der Waals surface area (Å²) in [5.74, 6) is 1.77. The van der Waals surface area contributed by atoms with Crippen LogP contribution in [0.3, 0.4) is 0 Å². The van der Waals surface area contributed by atoms with Crippen LogP contribution in [0.1, 0.15) is 53.1 Å². The van der Waals surface area contributed by atoms with Gasteiger partial charge in [-0.25, -0.2) is 0 Å². The minimum Gasteiger partial charge on any atom is -0.496 e. The van der Waals surface area contributed by atoms with Crippen molar-refractivity contribution in [3.8, 4) is 5.75 Å². The normalized spacial score (nSPS) is 17.2. The lowest BCUT2D eigenvalue weighted by molar-refractivity contribution is 0.0696. The van der Waals surface area contributed by atoms with E-state index < -0.39 is 0 Å². The molecule has 194 valence electrons. The van der Waals surface area contributed by atoms with E-state index in [1.165, 1.54) is 11.1 Å². The smallest absolute Gasteiger partial charge is 0.257 e. The van der Waals surface area contributed by atoms with E-state index in [4.69, 9.17) is 16.2 Å². The average molecular weight is 499 g/mol. The number of nitrogens with two attached hydrogens (primary N) is 2. The van der Waals surface area contributed by atoms with Gasteiger partial charge in [0.05, 0.1) is 12.7 Å². The number of hydrogen-bond acceptors (Lipinski definition) is 3. The van der Waals surface area contributed by atoms with Gasteiger partial charge in [0.1, 0.15) is 5.75 Å². The van der Waals surface area contributed by atoms with Gasteiger partial charge in [-0.1, -0.05) is 72.8 Å². The van der Waals surface area contributed by atoms with Gasteiger partial charge in [-0.2, -0.15) is 0 Å². The Bertz CT molecular complexity index is 1110. The monoisotopic (exact) mass is 498 g/mol. The van der Waals surface area contributed by atoms with Crippen LogP contribution in [0.5, 0.6) is 5.75 Å². The molecule has 4 N–H and O–H groups in total. The lowest BCUT2D eigenvalue weighted by Gasteiger charge is -2.35. The number of benzene rings is 3. The first kappa shape index (κ1) is 26.3. The second-order valence-electron chi connectivity index (χ2n) is 9.94. The van der Waals surface area contributed by atoms with Gasteiger partial charge in [0.15, 0.2) is 5.96 Å². The molecule has 0 radical (unpaired) electrons. The molecular weight excluding hydrogens is 460 g/mol. The molecule has 1 saturated carbocycles. The lowest BCUT2D eigenvalue weighted by atomic mass is 9.81. The van der Waals surface area contributed by atoms with E-state index in [9.17, 15) is 4.79 Å². The molecule has 1 amide bonds. The number of methoxy groups -OCH3 is 1. The van der Waals surface area contributed by atoms with Crippen molar-refractivity contribution in [2.45, 2.75) is 31.6 Å². The van der Waals surface area contributed by atoms with E-state index in [2.05, 4.69) is 53.5 Å². The highest BCUT2D eigenvalue weighted by Gasteiger charge is 2.29. The highest BCUT2D eigenvalue weighted by molar-refractivity contribution is 5.97. The Morgan fingerprint density at radius 1 is 0.865 bits per heavy atom.